The molecule has 0 N–H and O–H groups in total. The third kappa shape index (κ3) is 6.54. The summed E-state index contributed by atoms with van der Waals surface area (Å²) >= 11 is 0. The second kappa shape index (κ2) is 12.6. The van der Waals surface area contributed by atoms with Gasteiger partial charge < -0.3 is 19.4 Å². The molecular weight excluding hydrogens is 514 g/mol. The Bertz CT molecular complexity index is 1450. The van der Waals surface area contributed by atoms with E-state index in [1.54, 1.807) is 36.3 Å². The van der Waals surface area contributed by atoms with Crippen LogP contribution in [0.2, 0.25) is 0 Å². The zero-order valence-corrected chi connectivity index (χ0v) is 23.7. The van der Waals surface area contributed by atoms with Crippen molar-refractivity contribution in [2.45, 2.75) is 19.9 Å². The van der Waals surface area contributed by atoms with E-state index in [1.807, 2.05) is 66.4 Å². The highest BCUT2D eigenvalue weighted by molar-refractivity contribution is 5.97. The molecular formula is C33H35N5O3. The normalized spacial score (nSPS) is 13.9. The minimum atomic E-state index is -0.279. The van der Waals surface area contributed by atoms with Crippen molar-refractivity contribution < 1.29 is 14.3 Å². The number of piperazine rings is 1. The fourth-order valence-corrected chi connectivity index (χ4v) is 5.00. The second-order valence-electron chi connectivity index (χ2n) is 10.3. The summed E-state index contributed by atoms with van der Waals surface area (Å²) in [5, 5.41) is 8.89. The summed E-state index contributed by atoms with van der Waals surface area (Å²) in [6.07, 6.45) is 0. The van der Waals surface area contributed by atoms with Crippen LogP contribution in [0.4, 0.5) is 5.82 Å². The van der Waals surface area contributed by atoms with Crippen molar-refractivity contribution in [2.24, 2.45) is 0 Å². The monoisotopic (exact) mass is 549 g/mol. The summed E-state index contributed by atoms with van der Waals surface area (Å²) in [6, 6.07) is 28.7. The fourth-order valence-electron chi connectivity index (χ4n) is 5.00. The number of amides is 2. The average Bonchev–Trinajstić information content (AvgIpc) is 3.04. The summed E-state index contributed by atoms with van der Waals surface area (Å²) in [5.74, 6) is 1.20. The van der Waals surface area contributed by atoms with Crippen LogP contribution in [0.25, 0.3) is 11.3 Å². The van der Waals surface area contributed by atoms with Gasteiger partial charge in [0.05, 0.1) is 18.8 Å². The molecule has 1 aliphatic rings. The molecule has 1 aliphatic heterocycles. The molecule has 41 heavy (non-hydrogen) atoms. The number of hydrogen-bond acceptors (Lipinski definition) is 6. The van der Waals surface area contributed by atoms with Crippen molar-refractivity contribution in [3.63, 3.8) is 0 Å². The zero-order chi connectivity index (χ0) is 28.8. The van der Waals surface area contributed by atoms with Gasteiger partial charge in [-0.05, 0) is 55.8 Å². The van der Waals surface area contributed by atoms with Crippen LogP contribution >= 0.6 is 0 Å². The molecule has 1 fully saturated rings. The highest BCUT2D eigenvalue weighted by atomic mass is 16.5. The van der Waals surface area contributed by atoms with Crippen molar-refractivity contribution in [3.05, 3.63) is 108 Å². The van der Waals surface area contributed by atoms with Crippen LogP contribution in [-0.4, -0.2) is 71.6 Å². The number of ether oxygens (including phenoxy) is 1. The van der Waals surface area contributed by atoms with Crippen molar-refractivity contribution in [1.82, 2.24) is 20.0 Å². The van der Waals surface area contributed by atoms with Gasteiger partial charge in [0.25, 0.3) is 5.91 Å². The number of benzene rings is 3. The number of aryl methyl sites for hydroxylation is 1. The van der Waals surface area contributed by atoms with Gasteiger partial charge in [0.2, 0.25) is 5.91 Å². The standard InChI is InChI=1S/C33H35N5O3/c1-24-9-11-27(12-10-24)30-17-18-31(35-34-30)36-19-21-37(22-20-36)32(39)23-38(25(2)26-7-5-4-6-8-26)33(40)28-13-15-29(41-3)16-14-28/h4-18,25H,19-23H2,1-3H3/t25-/m1/s1. The van der Waals surface area contributed by atoms with Crippen LogP contribution in [-0.2, 0) is 4.79 Å². The first-order chi connectivity index (χ1) is 19.9. The van der Waals surface area contributed by atoms with Gasteiger partial charge in [-0.25, -0.2) is 0 Å². The van der Waals surface area contributed by atoms with Crippen LogP contribution in [0.1, 0.15) is 34.5 Å². The first-order valence-electron chi connectivity index (χ1n) is 13.9. The molecule has 2 amide bonds. The van der Waals surface area contributed by atoms with E-state index in [1.165, 1.54) is 5.56 Å². The first kappa shape index (κ1) is 27.8. The van der Waals surface area contributed by atoms with Crippen LogP contribution in [0.3, 0.4) is 0 Å². The number of aromatic nitrogens is 2. The van der Waals surface area contributed by atoms with E-state index in [-0.39, 0.29) is 24.4 Å². The average molecular weight is 550 g/mol. The molecule has 2 heterocycles. The largest absolute Gasteiger partial charge is 0.497 e. The number of nitrogens with zero attached hydrogens (tertiary/aromatic N) is 5. The third-order valence-corrected chi connectivity index (χ3v) is 7.61. The van der Waals surface area contributed by atoms with Crippen LogP contribution in [0, 0.1) is 6.92 Å². The Balaban J connectivity index is 1.24. The predicted molar refractivity (Wildman–Crippen MR) is 160 cm³/mol. The molecule has 0 bridgehead atoms. The molecule has 1 atom stereocenters. The number of carbonyl (C=O) groups is 2. The molecule has 0 saturated carbocycles. The second-order valence-corrected chi connectivity index (χ2v) is 10.3. The lowest BCUT2D eigenvalue weighted by molar-refractivity contribution is -0.132. The van der Waals surface area contributed by atoms with Gasteiger partial charge in [0.15, 0.2) is 5.82 Å². The molecule has 4 aromatic rings. The number of carbonyl (C=O) groups excluding carboxylic acids is 2. The highest BCUT2D eigenvalue weighted by Crippen LogP contribution is 2.24. The van der Waals surface area contributed by atoms with E-state index in [9.17, 15) is 9.59 Å². The number of anilines is 1. The molecule has 8 heteroatoms. The van der Waals surface area contributed by atoms with Gasteiger partial charge in [-0.3, -0.25) is 9.59 Å². The topological polar surface area (TPSA) is 78.9 Å². The van der Waals surface area contributed by atoms with E-state index in [4.69, 9.17) is 4.74 Å². The van der Waals surface area contributed by atoms with Crippen molar-refractivity contribution >= 4 is 17.6 Å². The lowest BCUT2D eigenvalue weighted by Gasteiger charge is -2.37. The summed E-state index contributed by atoms with van der Waals surface area (Å²) in [6.45, 7) is 6.39. The minimum absolute atomic E-state index is 0.00796. The van der Waals surface area contributed by atoms with Crippen LogP contribution in [0.15, 0.2) is 91.0 Å². The Hall–Kier alpha value is -4.72. The summed E-state index contributed by atoms with van der Waals surface area (Å²) < 4.78 is 5.24. The molecule has 8 nitrogen and oxygen atoms in total. The van der Waals surface area contributed by atoms with Crippen LogP contribution < -0.4 is 9.64 Å². The minimum Gasteiger partial charge on any atom is -0.497 e. The van der Waals surface area contributed by atoms with E-state index < -0.39 is 0 Å². The molecule has 210 valence electrons. The number of methoxy groups -OCH3 is 1. The SMILES string of the molecule is COc1ccc(C(=O)N(CC(=O)N2CCN(c3ccc(-c4ccc(C)cc4)nn3)CC2)[C@H](C)c2ccccc2)cc1. The summed E-state index contributed by atoms with van der Waals surface area (Å²) in [4.78, 5) is 32.8. The van der Waals surface area contributed by atoms with Gasteiger partial charge in [-0.1, -0.05) is 60.2 Å². The molecule has 0 aliphatic carbocycles. The molecule has 3 aromatic carbocycles. The van der Waals surface area contributed by atoms with Gasteiger partial charge in [-0.15, -0.1) is 10.2 Å². The van der Waals surface area contributed by atoms with E-state index in [0.717, 1.165) is 22.6 Å². The predicted octanol–water partition coefficient (Wildman–Crippen LogP) is 5.01. The van der Waals surface area contributed by atoms with Crippen LogP contribution in [0.5, 0.6) is 5.75 Å². The lowest BCUT2D eigenvalue weighted by atomic mass is 10.1. The Morgan fingerprint density at radius 1 is 0.854 bits per heavy atom. The van der Waals surface area contributed by atoms with Gasteiger partial charge in [-0.2, -0.15) is 0 Å². The Morgan fingerprint density at radius 3 is 2.15 bits per heavy atom. The fraction of sp³-hybridized carbons (Fsp3) is 0.273. The number of hydrogen-bond donors (Lipinski definition) is 0. The van der Waals surface area contributed by atoms with Gasteiger partial charge >= 0.3 is 0 Å². The zero-order valence-electron chi connectivity index (χ0n) is 23.7. The Morgan fingerprint density at radius 2 is 1.54 bits per heavy atom. The van der Waals surface area contributed by atoms with Gasteiger partial charge in [0, 0.05) is 37.3 Å². The Labute approximate surface area is 241 Å². The third-order valence-electron chi connectivity index (χ3n) is 7.61. The van der Waals surface area contributed by atoms with E-state index in [0.29, 0.717) is 37.5 Å². The van der Waals surface area contributed by atoms with E-state index in [2.05, 4.69) is 34.2 Å². The highest BCUT2D eigenvalue weighted by Gasteiger charge is 2.29. The quantitative estimate of drug-likeness (QED) is 0.307. The molecule has 0 unspecified atom stereocenters. The van der Waals surface area contributed by atoms with Gasteiger partial charge in [0.1, 0.15) is 12.3 Å². The molecule has 0 spiro atoms. The number of rotatable bonds is 8. The maximum atomic E-state index is 13.7. The van der Waals surface area contributed by atoms with E-state index >= 15 is 0 Å². The first-order valence-corrected chi connectivity index (χ1v) is 13.9. The summed E-state index contributed by atoms with van der Waals surface area (Å²) in [5.41, 5.74) is 4.55. The maximum Gasteiger partial charge on any atom is 0.254 e. The molecule has 5 rings (SSSR count). The molecule has 1 saturated heterocycles. The molecule has 0 radical (unpaired) electrons. The maximum absolute atomic E-state index is 13.7. The summed E-state index contributed by atoms with van der Waals surface area (Å²) in [7, 11) is 1.59. The van der Waals surface area contributed by atoms with Crippen molar-refractivity contribution in [1.29, 1.82) is 0 Å². The lowest BCUT2D eigenvalue weighted by Crippen LogP contribution is -2.52. The Kier molecular flexibility index (Phi) is 8.58. The van der Waals surface area contributed by atoms with Crippen molar-refractivity contribution in [2.75, 3.05) is 44.7 Å². The smallest absolute Gasteiger partial charge is 0.254 e. The van der Waals surface area contributed by atoms with Crippen molar-refractivity contribution in [3.8, 4) is 17.0 Å². The molecule has 1 aromatic heterocycles.